The lowest BCUT2D eigenvalue weighted by atomic mass is 9.97. The van der Waals surface area contributed by atoms with Crippen molar-refractivity contribution in [2.24, 2.45) is 0 Å². The fraction of sp³-hybridized carbons (Fsp3) is 0. The predicted molar refractivity (Wildman–Crippen MR) is 235 cm³/mol. The number of para-hydroxylation sites is 3. The molecule has 2 nitrogen and oxygen atoms in total. The van der Waals surface area contributed by atoms with Gasteiger partial charge in [0.2, 0.25) is 0 Å². The fourth-order valence-electron chi connectivity index (χ4n) is 8.29. The number of anilines is 3. The van der Waals surface area contributed by atoms with E-state index in [1.165, 1.54) is 53.2 Å². The average Bonchev–Trinajstić information content (AvgIpc) is 3.82. The van der Waals surface area contributed by atoms with Gasteiger partial charge in [-0.1, -0.05) is 152 Å². The minimum atomic E-state index is 0.907. The Kier molecular flexibility index (Phi) is 7.39. The van der Waals surface area contributed by atoms with Crippen LogP contribution in [0.2, 0.25) is 0 Å². The molecule has 2 heterocycles. The van der Waals surface area contributed by atoms with E-state index in [-0.39, 0.29) is 0 Å². The van der Waals surface area contributed by atoms with Gasteiger partial charge in [0.05, 0.1) is 5.69 Å². The number of nitrogens with zero attached hydrogens (tertiary/aromatic N) is 1. The second-order valence-electron chi connectivity index (χ2n) is 14.1. The van der Waals surface area contributed by atoms with Crippen LogP contribution in [-0.2, 0) is 0 Å². The average molecular weight is 720 g/mol. The molecule has 3 heteroatoms. The van der Waals surface area contributed by atoms with Crippen LogP contribution in [0.5, 0.6) is 0 Å². The molecule has 0 spiro atoms. The van der Waals surface area contributed by atoms with E-state index >= 15 is 0 Å². The highest BCUT2D eigenvalue weighted by Gasteiger charge is 2.20. The molecule has 0 amide bonds. The van der Waals surface area contributed by atoms with Crippen molar-refractivity contribution in [1.82, 2.24) is 0 Å². The van der Waals surface area contributed by atoms with Gasteiger partial charge in [-0.2, -0.15) is 0 Å². The number of hydrogen-bond donors (Lipinski definition) is 0. The molecule has 0 aliphatic rings. The number of benzene rings is 9. The summed E-state index contributed by atoms with van der Waals surface area (Å²) in [7, 11) is 0. The Morgan fingerprint density at radius 1 is 0.364 bits per heavy atom. The quantitative estimate of drug-likeness (QED) is 0.170. The minimum absolute atomic E-state index is 0.907. The van der Waals surface area contributed by atoms with E-state index in [1.54, 1.807) is 0 Å². The molecule has 0 saturated heterocycles. The molecular formula is C52H33NOS. The fourth-order valence-corrected chi connectivity index (χ4v) is 9.43. The Balaban J connectivity index is 1.08. The van der Waals surface area contributed by atoms with Gasteiger partial charge in [-0.25, -0.2) is 0 Å². The minimum Gasteiger partial charge on any atom is -0.455 e. The third-order valence-corrected chi connectivity index (χ3v) is 12.0. The zero-order valence-corrected chi connectivity index (χ0v) is 30.6. The normalized spacial score (nSPS) is 11.6. The molecule has 258 valence electrons. The first-order valence-corrected chi connectivity index (χ1v) is 19.5. The van der Waals surface area contributed by atoms with Crippen LogP contribution in [-0.4, -0.2) is 0 Å². The molecule has 0 saturated carbocycles. The maximum atomic E-state index is 6.44. The van der Waals surface area contributed by atoms with Gasteiger partial charge in [-0.05, 0) is 81.6 Å². The maximum absolute atomic E-state index is 6.44. The highest BCUT2D eigenvalue weighted by molar-refractivity contribution is 7.25. The Bertz CT molecular complexity index is 3220. The van der Waals surface area contributed by atoms with Gasteiger partial charge in [-0.15, -0.1) is 11.3 Å². The van der Waals surface area contributed by atoms with Gasteiger partial charge in [-0.3, -0.25) is 0 Å². The first-order valence-electron chi connectivity index (χ1n) is 18.7. The lowest BCUT2D eigenvalue weighted by Gasteiger charge is -2.28. The van der Waals surface area contributed by atoms with E-state index in [2.05, 4.69) is 193 Å². The smallest absolute Gasteiger partial charge is 0.143 e. The molecule has 9 aromatic carbocycles. The Morgan fingerprint density at radius 2 is 1.00 bits per heavy atom. The second kappa shape index (κ2) is 12.9. The van der Waals surface area contributed by atoms with Gasteiger partial charge >= 0.3 is 0 Å². The monoisotopic (exact) mass is 719 g/mol. The first-order chi connectivity index (χ1) is 27.3. The number of thiophene rings is 1. The van der Waals surface area contributed by atoms with Crippen LogP contribution in [0.25, 0.3) is 86.3 Å². The Morgan fingerprint density at radius 3 is 1.93 bits per heavy atom. The van der Waals surface area contributed by atoms with Crippen LogP contribution < -0.4 is 4.90 Å². The summed E-state index contributed by atoms with van der Waals surface area (Å²) in [6.45, 7) is 0. The lowest BCUT2D eigenvalue weighted by molar-refractivity contribution is 0.670. The summed E-state index contributed by atoms with van der Waals surface area (Å²) < 4.78 is 9.05. The van der Waals surface area contributed by atoms with Crippen molar-refractivity contribution in [2.45, 2.75) is 0 Å². The van der Waals surface area contributed by atoms with E-state index < -0.39 is 0 Å². The summed E-state index contributed by atoms with van der Waals surface area (Å²) in [5.41, 5.74) is 12.1. The van der Waals surface area contributed by atoms with Crippen LogP contribution >= 0.6 is 11.3 Å². The zero-order chi connectivity index (χ0) is 36.3. The van der Waals surface area contributed by atoms with Crippen molar-refractivity contribution >= 4 is 81.3 Å². The van der Waals surface area contributed by atoms with Crippen molar-refractivity contribution < 1.29 is 4.42 Å². The summed E-state index contributed by atoms with van der Waals surface area (Å²) in [5, 5.41) is 7.37. The molecule has 11 rings (SSSR count). The standard InChI is InChI=1S/C52H33NOS/c1-2-16-40-34(12-1)13-10-20-41(40)36-14-9-15-39(32-36)53(38-29-26-35(27-30-38)43-21-11-22-47-44-18-4-7-24-49(44)54-52(43)47)48-23-6-3-17-42(48)37-28-31-46-45-19-5-8-25-50(45)55-51(46)33-37/h1-33H. The van der Waals surface area contributed by atoms with Crippen LogP contribution in [0.1, 0.15) is 0 Å². The van der Waals surface area contributed by atoms with Gasteiger partial charge in [0.15, 0.2) is 0 Å². The van der Waals surface area contributed by atoms with E-state index in [0.717, 1.165) is 50.1 Å². The van der Waals surface area contributed by atoms with Crippen molar-refractivity contribution in [2.75, 3.05) is 4.90 Å². The number of hydrogen-bond acceptors (Lipinski definition) is 3. The van der Waals surface area contributed by atoms with E-state index in [1.807, 2.05) is 23.5 Å². The van der Waals surface area contributed by atoms with Gasteiger partial charge in [0.25, 0.3) is 0 Å². The molecule has 0 radical (unpaired) electrons. The molecular weight excluding hydrogens is 687 g/mol. The van der Waals surface area contributed by atoms with E-state index in [4.69, 9.17) is 4.42 Å². The van der Waals surface area contributed by atoms with Crippen molar-refractivity contribution in [3.05, 3.63) is 200 Å². The van der Waals surface area contributed by atoms with Crippen LogP contribution in [0, 0.1) is 0 Å². The lowest BCUT2D eigenvalue weighted by Crippen LogP contribution is -2.11. The third kappa shape index (κ3) is 5.32. The van der Waals surface area contributed by atoms with Crippen molar-refractivity contribution in [3.8, 4) is 33.4 Å². The number of rotatable bonds is 6. The molecule has 0 N–H and O–H groups in total. The van der Waals surface area contributed by atoms with Crippen LogP contribution in [0.4, 0.5) is 17.1 Å². The maximum Gasteiger partial charge on any atom is 0.143 e. The molecule has 0 unspecified atom stereocenters. The molecule has 55 heavy (non-hydrogen) atoms. The molecule has 0 aliphatic heterocycles. The highest BCUT2D eigenvalue weighted by atomic mass is 32.1. The first kappa shape index (κ1) is 31.6. The van der Waals surface area contributed by atoms with E-state index in [0.29, 0.717) is 0 Å². The number of fused-ring (bicyclic) bond motifs is 7. The summed E-state index contributed by atoms with van der Waals surface area (Å²) in [5.74, 6) is 0. The van der Waals surface area contributed by atoms with Crippen LogP contribution in [0.3, 0.4) is 0 Å². The summed E-state index contributed by atoms with van der Waals surface area (Å²) in [4.78, 5) is 2.41. The van der Waals surface area contributed by atoms with Gasteiger partial charge in [0, 0.05) is 53.4 Å². The predicted octanol–water partition coefficient (Wildman–Crippen LogP) is 15.6. The summed E-state index contributed by atoms with van der Waals surface area (Å²) in [6, 6.07) is 72.3. The highest BCUT2D eigenvalue weighted by Crippen LogP contribution is 2.45. The largest absolute Gasteiger partial charge is 0.455 e. The summed E-state index contributed by atoms with van der Waals surface area (Å²) >= 11 is 1.86. The van der Waals surface area contributed by atoms with E-state index in [9.17, 15) is 0 Å². The molecule has 0 bridgehead atoms. The topological polar surface area (TPSA) is 16.4 Å². The molecule has 0 fully saturated rings. The molecule has 0 atom stereocenters. The Labute approximate surface area is 322 Å². The zero-order valence-electron chi connectivity index (χ0n) is 29.8. The third-order valence-electron chi connectivity index (χ3n) is 10.9. The van der Waals surface area contributed by atoms with Crippen molar-refractivity contribution in [1.29, 1.82) is 0 Å². The van der Waals surface area contributed by atoms with Gasteiger partial charge in [0.1, 0.15) is 11.2 Å². The molecule has 11 aromatic rings. The Hall–Kier alpha value is -6.94. The van der Waals surface area contributed by atoms with Crippen LogP contribution in [0.15, 0.2) is 205 Å². The SMILES string of the molecule is c1cc(-c2cccc3ccccc23)cc(N(c2ccc(-c3cccc4c3oc3ccccc34)cc2)c2ccccc2-c2ccc3c(c2)sc2ccccc23)c1. The number of furan rings is 1. The van der Waals surface area contributed by atoms with Gasteiger partial charge < -0.3 is 9.32 Å². The summed E-state index contributed by atoms with van der Waals surface area (Å²) in [6.07, 6.45) is 0. The van der Waals surface area contributed by atoms with Crippen molar-refractivity contribution in [3.63, 3.8) is 0 Å². The molecule has 2 aromatic heterocycles. The second-order valence-corrected chi connectivity index (χ2v) is 15.1. The molecule has 0 aliphatic carbocycles.